The van der Waals surface area contributed by atoms with E-state index in [1.807, 2.05) is 27.7 Å². The maximum Gasteiger partial charge on any atom is 0.308 e. The number of hydrogen-bond donors (Lipinski definition) is 3. The number of nitrogens with one attached hydrogen (secondary N) is 1. The molecule has 2 unspecified atom stereocenters. The van der Waals surface area contributed by atoms with E-state index >= 15 is 0 Å². The van der Waals surface area contributed by atoms with Crippen molar-refractivity contribution in [3.05, 3.63) is 0 Å². The molecule has 0 spiro atoms. The lowest BCUT2D eigenvalue weighted by atomic mass is 9.94. The molecule has 106 valence electrons. The predicted octanol–water partition coefficient (Wildman–Crippen LogP) is 1.08. The van der Waals surface area contributed by atoms with Crippen molar-refractivity contribution in [2.24, 2.45) is 29.4 Å². The van der Waals surface area contributed by atoms with Crippen molar-refractivity contribution in [2.75, 3.05) is 13.1 Å². The highest BCUT2D eigenvalue weighted by atomic mass is 16.4. The average molecular weight is 258 g/mol. The lowest BCUT2D eigenvalue weighted by Gasteiger charge is -2.20. The van der Waals surface area contributed by atoms with E-state index in [1.165, 1.54) is 0 Å². The van der Waals surface area contributed by atoms with E-state index in [2.05, 4.69) is 5.32 Å². The van der Waals surface area contributed by atoms with Crippen LogP contribution in [0.15, 0.2) is 0 Å². The van der Waals surface area contributed by atoms with Crippen LogP contribution in [-0.2, 0) is 9.59 Å². The molecule has 0 aromatic carbocycles. The Balaban J connectivity index is 4.34. The second kappa shape index (κ2) is 8.08. The lowest BCUT2D eigenvalue weighted by Crippen LogP contribution is -2.41. The minimum atomic E-state index is -0.863. The molecule has 0 aliphatic carbocycles. The molecule has 18 heavy (non-hydrogen) atoms. The van der Waals surface area contributed by atoms with Gasteiger partial charge in [0.25, 0.3) is 0 Å². The molecule has 0 saturated heterocycles. The van der Waals surface area contributed by atoms with Crippen LogP contribution in [-0.4, -0.2) is 30.1 Å². The first-order chi connectivity index (χ1) is 8.29. The van der Waals surface area contributed by atoms with Gasteiger partial charge in [0.15, 0.2) is 0 Å². The lowest BCUT2D eigenvalue weighted by molar-refractivity contribution is -0.142. The molecule has 0 saturated carbocycles. The number of carbonyl (C=O) groups is 2. The molecule has 0 aromatic heterocycles. The third kappa shape index (κ3) is 6.00. The molecule has 1 amide bonds. The Morgan fingerprint density at radius 2 is 1.78 bits per heavy atom. The fourth-order valence-corrected chi connectivity index (χ4v) is 1.88. The SMILES string of the molecule is CC(C)CC(CNC(=O)C(CN)C(C)C)C(=O)O. The summed E-state index contributed by atoms with van der Waals surface area (Å²) >= 11 is 0. The van der Waals surface area contributed by atoms with Crippen molar-refractivity contribution in [1.29, 1.82) is 0 Å². The summed E-state index contributed by atoms with van der Waals surface area (Å²) in [6, 6.07) is 0. The van der Waals surface area contributed by atoms with Gasteiger partial charge in [-0.1, -0.05) is 27.7 Å². The number of nitrogens with two attached hydrogens (primary N) is 1. The van der Waals surface area contributed by atoms with Crippen LogP contribution < -0.4 is 11.1 Å². The summed E-state index contributed by atoms with van der Waals surface area (Å²) in [5.41, 5.74) is 5.54. The molecule has 0 fully saturated rings. The Morgan fingerprint density at radius 1 is 1.22 bits per heavy atom. The topological polar surface area (TPSA) is 92.4 Å². The van der Waals surface area contributed by atoms with Gasteiger partial charge in [0.1, 0.15) is 0 Å². The number of carboxylic acid groups (broad SMARTS) is 1. The molecule has 0 rings (SSSR count). The minimum absolute atomic E-state index is 0.150. The van der Waals surface area contributed by atoms with Crippen molar-refractivity contribution in [3.8, 4) is 0 Å². The van der Waals surface area contributed by atoms with E-state index in [0.717, 1.165) is 0 Å². The van der Waals surface area contributed by atoms with Crippen LogP contribution in [0.1, 0.15) is 34.1 Å². The fraction of sp³-hybridized carbons (Fsp3) is 0.846. The quantitative estimate of drug-likeness (QED) is 0.607. The van der Waals surface area contributed by atoms with Crippen LogP contribution in [0.2, 0.25) is 0 Å². The Bertz CT molecular complexity index is 277. The number of hydrogen-bond acceptors (Lipinski definition) is 3. The van der Waals surface area contributed by atoms with Crippen LogP contribution in [0, 0.1) is 23.7 Å². The third-order valence-electron chi connectivity index (χ3n) is 3.02. The van der Waals surface area contributed by atoms with Gasteiger partial charge in [-0.15, -0.1) is 0 Å². The molecule has 0 heterocycles. The van der Waals surface area contributed by atoms with Crippen LogP contribution in [0.25, 0.3) is 0 Å². The van der Waals surface area contributed by atoms with E-state index in [1.54, 1.807) is 0 Å². The standard InChI is InChI=1S/C13H26N2O3/c1-8(2)5-10(13(17)18)7-15-12(16)11(6-14)9(3)4/h8-11H,5-7,14H2,1-4H3,(H,15,16)(H,17,18). The molecule has 0 aliphatic rings. The van der Waals surface area contributed by atoms with Crippen LogP contribution >= 0.6 is 0 Å². The summed E-state index contributed by atoms with van der Waals surface area (Å²) in [6.45, 7) is 8.25. The normalized spacial score (nSPS) is 14.6. The highest BCUT2D eigenvalue weighted by molar-refractivity contribution is 5.80. The highest BCUT2D eigenvalue weighted by Crippen LogP contribution is 2.13. The van der Waals surface area contributed by atoms with Gasteiger partial charge in [0.05, 0.1) is 11.8 Å². The van der Waals surface area contributed by atoms with E-state index in [0.29, 0.717) is 12.3 Å². The van der Waals surface area contributed by atoms with E-state index in [9.17, 15) is 9.59 Å². The number of carbonyl (C=O) groups excluding carboxylic acids is 1. The molecule has 2 atom stereocenters. The highest BCUT2D eigenvalue weighted by Gasteiger charge is 2.24. The first kappa shape index (κ1) is 16.9. The zero-order valence-corrected chi connectivity index (χ0v) is 11.8. The van der Waals surface area contributed by atoms with Gasteiger partial charge in [0, 0.05) is 13.1 Å². The summed E-state index contributed by atoms with van der Waals surface area (Å²) < 4.78 is 0. The smallest absolute Gasteiger partial charge is 0.308 e. The minimum Gasteiger partial charge on any atom is -0.481 e. The summed E-state index contributed by atoms with van der Waals surface area (Å²) in [6.07, 6.45) is 0.560. The molecule has 0 aromatic rings. The van der Waals surface area contributed by atoms with E-state index < -0.39 is 11.9 Å². The van der Waals surface area contributed by atoms with E-state index in [-0.39, 0.29) is 30.8 Å². The zero-order valence-electron chi connectivity index (χ0n) is 11.8. The number of rotatable bonds is 8. The largest absolute Gasteiger partial charge is 0.481 e. The first-order valence-corrected chi connectivity index (χ1v) is 6.50. The molecule has 0 radical (unpaired) electrons. The van der Waals surface area contributed by atoms with Crippen molar-refractivity contribution < 1.29 is 14.7 Å². The monoisotopic (exact) mass is 258 g/mol. The molecule has 5 heteroatoms. The summed E-state index contributed by atoms with van der Waals surface area (Å²) in [5.74, 6) is -1.35. The molecule has 0 aliphatic heterocycles. The van der Waals surface area contributed by atoms with Crippen LogP contribution in [0.3, 0.4) is 0 Å². The van der Waals surface area contributed by atoms with Gasteiger partial charge in [-0.25, -0.2) is 0 Å². The first-order valence-electron chi connectivity index (χ1n) is 6.50. The van der Waals surface area contributed by atoms with Crippen LogP contribution in [0.4, 0.5) is 0 Å². The second-order valence-electron chi connectivity index (χ2n) is 5.50. The van der Waals surface area contributed by atoms with Gasteiger partial charge in [-0.3, -0.25) is 9.59 Å². The fourth-order valence-electron chi connectivity index (χ4n) is 1.88. The maximum atomic E-state index is 11.8. The Morgan fingerprint density at radius 3 is 2.11 bits per heavy atom. The van der Waals surface area contributed by atoms with Crippen molar-refractivity contribution in [3.63, 3.8) is 0 Å². The maximum absolute atomic E-state index is 11.8. The third-order valence-corrected chi connectivity index (χ3v) is 3.02. The Labute approximate surface area is 109 Å². The molecule has 5 nitrogen and oxygen atoms in total. The Hall–Kier alpha value is -1.10. The van der Waals surface area contributed by atoms with E-state index in [4.69, 9.17) is 10.8 Å². The molecule has 0 bridgehead atoms. The van der Waals surface area contributed by atoms with Crippen molar-refractivity contribution >= 4 is 11.9 Å². The van der Waals surface area contributed by atoms with Crippen LogP contribution in [0.5, 0.6) is 0 Å². The van der Waals surface area contributed by atoms with Crippen molar-refractivity contribution in [1.82, 2.24) is 5.32 Å². The second-order valence-corrected chi connectivity index (χ2v) is 5.50. The Kier molecular flexibility index (Phi) is 7.59. The van der Waals surface area contributed by atoms with Crippen molar-refractivity contribution in [2.45, 2.75) is 34.1 Å². The van der Waals surface area contributed by atoms with Gasteiger partial charge in [-0.2, -0.15) is 0 Å². The van der Waals surface area contributed by atoms with Gasteiger partial charge < -0.3 is 16.2 Å². The zero-order chi connectivity index (χ0) is 14.3. The summed E-state index contributed by atoms with van der Waals surface area (Å²) in [7, 11) is 0. The molecular weight excluding hydrogens is 232 g/mol. The number of amides is 1. The molecular formula is C13H26N2O3. The summed E-state index contributed by atoms with van der Waals surface area (Å²) in [5, 5.41) is 11.8. The summed E-state index contributed by atoms with van der Waals surface area (Å²) in [4.78, 5) is 22.9. The van der Waals surface area contributed by atoms with Gasteiger partial charge in [-0.05, 0) is 18.3 Å². The number of aliphatic carboxylic acids is 1. The van der Waals surface area contributed by atoms with Gasteiger partial charge >= 0.3 is 5.97 Å². The molecule has 4 N–H and O–H groups in total. The predicted molar refractivity (Wildman–Crippen MR) is 71.0 cm³/mol. The number of carboxylic acids is 1. The van der Waals surface area contributed by atoms with Gasteiger partial charge in [0.2, 0.25) is 5.91 Å². The average Bonchev–Trinajstić information content (AvgIpc) is 2.23.